The minimum absolute atomic E-state index is 0.0540. The van der Waals surface area contributed by atoms with Crippen LogP contribution >= 0.6 is 0 Å². The maximum atomic E-state index is 11.7. The average Bonchev–Trinajstić information content (AvgIpc) is 2.15. The number of urea groups is 1. The molecule has 0 spiro atoms. The molecule has 0 heterocycles. The largest absolute Gasteiger partial charge is 0.335 e. The number of amides is 2. The van der Waals surface area contributed by atoms with E-state index in [1.165, 1.54) is 6.42 Å². The SMILES string of the molecule is CC1CC(NC(=O)N(C)C)[C@H]2C[C@@H]1C2(C)C. The quantitative estimate of drug-likeness (QED) is 0.728. The first-order valence-electron chi connectivity index (χ1n) is 6.32. The van der Waals surface area contributed by atoms with Crippen molar-refractivity contribution in [2.45, 2.75) is 39.7 Å². The first kappa shape index (κ1) is 11.7. The fraction of sp³-hybridized carbons (Fsp3) is 0.923. The van der Waals surface area contributed by atoms with Crippen LogP contribution in [0, 0.1) is 23.2 Å². The Kier molecular flexibility index (Phi) is 2.67. The molecule has 3 saturated carbocycles. The van der Waals surface area contributed by atoms with Crippen LogP contribution < -0.4 is 5.32 Å². The van der Waals surface area contributed by atoms with Gasteiger partial charge >= 0.3 is 6.03 Å². The highest BCUT2D eigenvalue weighted by Gasteiger charge is 2.57. The normalized spacial score (nSPS) is 39.8. The highest BCUT2D eigenvalue weighted by Crippen LogP contribution is 2.61. The second-order valence-corrected chi connectivity index (χ2v) is 6.43. The minimum Gasteiger partial charge on any atom is -0.335 e. The number of hydrogen-bond acceptors (Lipinski definition) is 1. The molecule has 3 nitrogen and oxygen atoms in total. The summed E-state index contributed by atoms with van der Waals surface area (Å²) in [4.78, 5) is 13.3. The van der Waals surface area contributed by atoms with Crippen molar-refractivity contribution in [3.05, 3.63) is 0 Å². The number of rotatable bonds is 1. The lowest BCUT2D eigenvalue weighted by Gasteiger charge is -2.62. The first-order chi connectivity index (χ1) is 7.34. The molecule has 2 bridgehead atoms. The molecule has 3 fully saturated rings. The number of hydrogen-bond donors (Lipinski definition) is 1. The van der Waals surface area contributed by atoms with Gasteiger partial charge in [-0.1, -0.05) is 20.8 Å². The molecule has 2 unspecified atom stereocenters. The van der Waals surface area contributed by atoms with Gasteiger partial charge in [-0.3, -0.25) is 0 Å². The van der Waals surface area contributed by atoms with E-state index < -0.39 is 0 Å². The monoisotopic (exact) mass is 224 g/mol. The number of carbonyl (C=O) groups excluding carboxylic acids is 1. The van der Waals surface area contributed by atoms with E-state index in [0.29, 0.717) is 17.4 Å². The molecule has 3 aliphatic carbocycles. The van der Waals surface area contributed by atoms with Gasteiger partial charge < -0.3 is 10.2 Å². The van der Waals surface area contributed by atoms with E-state index in [1.54, 1.807) is 19.0 Å². The van der Waals surface area contributed by atoms with Crippen LogP contribution in [0.3, 0.4) is 0 Å². The van der Waals surface area contributed by atoms with Gasteiger partial charge in [0.25, 0.3) is 0 Å². The predicted molar refractivity (Wildman–Crippen MR) is 65.2 cm³/mol. The second kappa shape index (κ2) is 3.64. The fourth-order valence-electron chi connectivity index (χ4n) is 3.82. The van der Waals surface area contributed by atoms with Crippen LogP contribution in [0.2, 0.25) is 0 Å². The Hall–Kier alpha value is -0.730. The summed E-state index contributed by atoms with van der Waals surface area (Å²) in [7, 11) is 3.60. The van der Waals surface area contributed by atoms with Crippen molar-refractivity contribution in [1.82, 2.24) is 10.2 Å². The minimum atomic E-state index is 0.0540. The fourth-order valence-corrected chi connectivity index (χ4v) is 3.82. The lowest BCUT2D eigenvalue weighted by atomic mass is 9.44. The Bertz CT molecular complexity index is 298. The molecule has 2 amide bonds. The molecule has 0 aromatic carbocycles. The third-order valence-corrected chi connectivity index (χ3v) is 4.93. The van der Waals surface area contributed by atoms with Crippen molar-refractivity contribution < 1.29 is 4.79 Å². The number of nitrogens with one attached hydrogen (secondary N) is 1. The van der Waals surface area contributed by atoms with Gasteiger partial charge in [0.05, 0.1) is 0 Å². The molecule has 0 aromatic rings. The van der Waals surface area contributed by atoms with Gasteiger partial charge in [0.2, 0.25) is 0 Å². The van der Waals surface area contributed by atoms with Crippen LogP contribution in [0.25, 0.3) is 0 Å². The molecule has 16 heavy (non-hydrogen) atoms. The molecular weight excluding hydrogens is 200 g/mol. The second-order valence-electron chi connectivity index (χ2n) is 6.43. The molecule has 3 aliphatic rings. The van der Waals surface area contributed by atoms with Gasteiger partial charge in [0.15, 0.2) is 0 Å². The van der Waals surface area contributed by atoms with Crippen LogP contribution in [0.1, 0.15) is 33.6 Å². The van der Waals surface area contributed by atoms with E-state index >= 15 is 0 Å². The van der Waals surface area contributed by atoms with Crippen molar-refractivity contribution in [1.29, 1.82) is 0 Å². The van der Waals surface area contributed by atoms with Gasteiger partial charge in [-0.05, 0) is 36.0 Å². The van der Waals surface area contributed by atoms with E-state index in [4.69, 9.17) is 0 Å². The summed E-state index contributed by atoms with van der Waals surface area (Å²) in [6, 6.07) is 0.434. The highest BCUT2D eigenvalue weighted by atomic mass is 16.2. The summed E-state index contributed by atoms with van der Waals surface area (Å²) < 4.78 is 0. The number of fused-ring (bicyclic) bond motifs is 2. The highest BCUT2D eigenvalue weighted by molar-refractivity contribution is 5.73. The van der Waals surface area contributed by atoms with Crippen molar-refractivity contribution in [2.75, 3.05) is 14.1 Å². The van der Waals surface area contributed by atoms with E-state index in [1.807, 2.05) is 0 Å². The standard InChI is InChI=1S/C13H24N2O/c1-8-6-11(14-12(16)15(4)5)10-7-9(8)13(10,2)3/h8-11H,6-7H2,1-5H3,(H,14,16)/t8?,9-,10+,11?/m0/s1. The third kappa shape index (κ3) is 1.61. The van der Waals surface area contributed by atoms with Crippen molar-refractivity contribution in [3.8, 4) is 0 Å². The van der Waals surface area contributed by atoms with Gasteiger partial charge in [-0.25, -0.2) is 4.79 Å². The summed E-state index contributed by atoms with van der Waals surface area (Å²) in [5.41, 5.74) is 0.419. The van der Waals surface area contributed by atoms with Crippen LogP contribution in [0.15, 0.2) is 0 Å². The van der Waals surface area contributed by atoms with Gasteiger partial charge in [0.1, 0.15) is 0 Å². The molecule has 0 radical (unpaired) electrons. The van der Waals surface area contributed by atoms with Crippen molar-refractivity contribution in [3.63, 3.8) is 0 Å². The summed E-state index contributed by atoms with van der Waals surface area (Å²) >= 11 is 0. The molecular formula is C13H24N2O. The van der Waals surface area contributed by atoms with Gasteiger partial charge in [0, 0.05) is 20.1 Å². The lowest BCUT2D eigenvalue weighted by molar-refractivity contribution is -0.117. The zero-order chi connectivity index (χ0) is 12.1. The zero-order valence-corrected chi connectivity index (χ0v) is 11.1. The molecule has 3 rings (SSSR count). The van der Waals surface area contributed by atoms with Crippen LogP contribution in [0.5, 0.6) is 0 Å². The molecule has 92 valence electrons. The lowest BCUT2D eigenvalue weighted by Crippen LogP contribution is -2.63. The van der Waals surface area contributed by atoms with E-state index in [0.717, 1.165) is 18.3 Å². The van der Waals surface area contributed by atoms with Gasteiger partial charge in [-0.2, -0.15) is 0 Å². The Labute approximate surface area is 98.6 Å². The number of nitrogens with zero attached hydrogens (tertiary/aromatic N) is 1. The summed E-state index contributed by atoms with van der Waals surface area (Å²) in [5.74, 6) is 2.29. The van der Waals surface area contributed by atoms with Crippen molar-refractivity contribution >= 4 is 6.03 Å². The Balaban J connectivity index is 2.04. The maximum absolute atomic E-state index is 11.7. The predicted octanol–water partition coefficient (Wildman–Crippen LogP) is 2.33. The van der Waals surface area contributed by atoms with Crippen LogP contribution in [-0.2, 0) is 0 Å². The van der Waals surface area contributed by atoms with E-state index in [2.05, 4.69) is 26.1 Å². The molecule has 4 atom stereocenters. The molecule has 0 aliphatic heterocycles. The van der Waals surface area contributed by atoms with E-state index in [-0.39, 0.29) is 6.03 Å². The van der Waals surface area contributed by atoms with Gasteiger partial charge in [-0.15, -0.1) is 0 Å². The average molecular weight is 224 g/mol. The number of carbonyl (C=O) groups is 1. The smallest absolute Gasteiger partial charge is 0.317 e. The Morgan fingerprint density at radius 1 is 1.25 bits per heavy atom. The Morgan fingerprint density at radius 3 is 2.31 bits per heavy atom. The van der Waals surface area contributed by atoms with Crippen LogP contribution in [0.4, 0.5) is 4.79 Å². The summed E-state index contributed by atoms with van der Waals surface area (Å²) in [6.45, 7) is 7.04. The maximum Gasteiger partial charge on any atom is 0.317 e. The molecule has 0 saturated heterocycles. The molecule has 3 heteroatoms. The topological polar surface area (TPSA) is 32.3 Å². The van der Waals surface area contributed by atoms with Crippen LogP contribution in [-0.4, -0.2) is 31.1 Å². The summed E-state index contributed by atoms with van der Waals surface area (Å²) in [6.07, 6.45) is 2.45. The molecule has 1 N–H and O–H groups in total. The van der Waals surface area contributed by atoms with E-state index in [9.17, 15) is 4.79 Å². The third-order valence-electron chi connectivity index (χ3n) is 4.93. The Morgan fingerprint density at radius 2 is 1.88 bits per heavy atom. The zero-order valence-electron chi connectivity index (χ0n) is 11.1. The van der Waals surface area contributed by atoms with Crippen molar-refractivity contribution in [2.24, 2.45) is 23.2 Å². The summed E-state index contributed by atoms with van der Waals surface area (Å²) in [5, 5.41) is 3.18. The first-order valence-corrected chi connectivity index (χ1v) is 6.32. The molecule has 0 aromatic heterocycles.